The Kier molecular flexibility index (Phi) is 1.69. The van der Waals surface area contributed by atoms with Gasteiger partial charge in [-0.05, 0) is 43.3 Å². The van der Waals surface area contributed by atoms with E-state index in [1.54, 1.807) is 11.1 Å². The minimum Gasteiger partial charge on any atom is -0.0988 e. The molecule has 2 aliphatic carbocycles. The lowest BCUT2D eigenvalue weighted by Gasteiger charge is -2.12. The predicted molar refractivity (Wildman–Crippen MR) is 48.4 cm³/mol. The van der Waals surface area contributed by atoms with Gasteiger partial charge in [0, 0.05) is 0 Å². The Hall–Kier alpha value is -0.780. The van der Waals surface area contributed by atoms with Crippen LogP contribution in [-0.2, 0) is 0 Å². The monoisotopic (exact) mass is 146 g/mol. The molecule has 0 nitrogen and oxygen atoms in total. The molecular weight excluding hydrogens is 132 g/mol. The van der Waals surface area contributed by atoms with Gasteiger partial charge >= 0.3 is 0 Å². The third-order valence-electron chi connectivity index (χ3n) is 2.67. The number of allylic oxidation sites excluding steroid dienone is 5. The van der Waals surface area contributed by atoms with Gasteiger partial charge in [0.1, 0.15) is 0 Å². The van der Waals surface area contributed by atoms with E-state index >= 15 is 0 Å². The Balaban J connectivity index is 2.20. The highest BCUT2D eigenvalue weighted by molar-refractivity contribution is 5.43. The topological polar surface area (TPSA) is 0 Å². The van der Waals surface area contributed by atoms with Gasteiger partial charge < -0.3 is 0 Å². The highest BCUT2D eigenvalue weighted by Gasteiger charge is 2.16. The molecule has 0 heteroatoms. The summed E-state index contributed by atoms with van der Waals surface area (Å²) >= 11 is 0. The minimum atomic E-state index is 1.19. The van der Waals surface area contributed by atoms with E-state index in [0.717, 1.165) is 0 Å². The average Bonchev–Trinajstić information content (AvgIpc) is 2.46. The van der Waals surface area contributed by atoms with E-state index in [4.69, 9.17) is 0 Å². The summed E-state index contributed by atoms with van der Waals surface area (Å²) in [5.41, 5.74) is 4.73. The fraction of sp³-hybridized carbons (Fsp3) is 0.455. The van der Waals surface area contributed by atoms with Crippen LogP contribution in [0.5, 0.6) is 0 Å². The molecule has 0 saturated heterocycles. The Bertz CT molecular complexity index is 241. The number of hydrogen-bond donors (Lipinski definition) is 0. The van der Waals surface area contributed by atoms with Crippen molar-refractivity contribution in [3.05, 3.63) is 35.5 Å². The van der Waals surface area contributed by atoms with E-state index in [-0.39, 0.29) is 0 Å². The van der Waals surface area contributed by atoms with Crippen LogP contribution in [0.15, 0.2) is 35.5 Å². The highest BCUT2D eigenvalue weighted by atomic mass is 14.2. The number of hydrogen-bond acceptors (Lipinski definition) is 0. The van der Waals surface area contributed by atoms with Crippen LogP contribution in [0.25, 0.3) is 0 Å². The maximum absolute atomic E-state index is 3.81. The van der Waals surface area contributed by atoms with Crippen LogP contribution in [0.1, 0.15) is 32.1 Å². The summed E-state index contributed by atoms with van der Waals surface area (Å²) in [5, 5.41) is 0. The Labute approximate surface area is 68.3 Å². The lowest BCUT2D eigenvalue weighted by Crippen LogP contribution is -1.93. The molecule has 0 saturated carbocycles. The van der Waals surface area contributed by atoms with Crippen molar-refractivity contribution in [3.8, 4) is 0 Å². The van der Waals surface area contributed by atoms with Crippen molar-refractivity contribution < 1.29 is 0 Å². The molecule has 0 radical (unpaired) electrons. The summed E-state index contributed by atoms with van der Waals surface area (Å²) in [5.74, 6) is 0. The van der Waals surface area contributed by atoms with Crippen molar-refractivity contribution in [3.63, 3.8) is 0 Å². The van der Waals surface area contributed by atoms with Crippen molar-refractivity contribution >= 4 is 0 Å². The van der Waals surface area contributed by atoms with Gasteiger partial charge in [0.2, 0.25) is 0 Å². The van der Waals surface area contributed by atoms with Gasteiger partial charge in [-0.3, -0.25) is 0 Å². The van der Waals surface area contributed by atoms with Gasteiger partial charge in [-0.1, -0.05) is 24.3 Å². The molecule has 0 bridgehead atoms. The zero-order valence-corrected chi connectivity index (χ0v) is 6.90. The van der Waals surface area contributed by atoms with E-state index in [9.17, 15) is 0 Å². The van der Waals surface area contributed by atoms with Crippen molar-refractivity contribution in [1.82, 2.24) is 0 Å². The van der Waals surface area contributed by atoms with Gasteiger partial charge in [-0.2, -0.15) is 0 Å². The van der Waals surface area contributed by atoms with Crippen LogP contribution in [0, 0.1) is 0 Å². The lowest BCUT2D eigenvalue weighted by molar-refractivity contribution is 0.680. The van der Waals surface area contributed by atoms with E-state index in [2.05, 4.69) is 12.7 Å². The predicted octanol–water partition coefficient (Wildman–Crippen LogP) is 3.37. The van der Waals surface area contributed by atoms with Crippen LogP contribution in [0.2, 0.25) is 0 Å². The van der Waals surface area contributed by atoms with Gasteiger partial charge in [0.15, 0.2) is 0 Å². The lowest BCUT2D eigenvalue weighted by atomic mass is 9.94. The minimum absolute atomic E-state index is 1.19. The first kappa shape index (κ1) is 6.90. The smallest absolute Gasteiger partial charge is 0.00614 e. The first-order valence-corrected chi connectivity index (χ1v) is 4.44. The zero-order valence-electron chi connectivity index (χ0n) is 6.90. The molecule has 0 atom stereocenters. The van der Waals surface area contributed by atoms with Gasteiger partial charge in [-0.15, -0.1) is 0 Å². The van der Waals surface area contributed by atoms with Crippen molar-refractivity contribution in [2.45, 2.75) is 32.1 Å². The first-order chi connectivity index (χ1) is 5.40. The van der Waals surface area contributed by atoms with E-state index < -0.39 is 0 Å². The second-order valence-corrected chi connectivity index (χ2v) is 3.44. The molecular formula is C11H14. The van der Waals surface area contributed by atoms with Crippen molar-refractivity contribution in [2.75, 3.05) is 0 Å². The summed E-state index contributed by atoms with van der Waals surface area (Å²) in [6.07, 6.45) is 11.0. The Morgan fingerprint density at radius 1 is 1.27 bits per heavy atom. The standard InChI is InChI=1S/C11H14/c1-2-9-7-10-5-3-4-6-11(10)8-9/h2,7H,1,3-6,8H2. The molecule has 0 amide bonds. The fourth-order valence-corrected chi connectivity index (χ4v) is 2.02. The third kappa shape index (κ3) is 1.18. The molecule has 0 aromatic heterocycles. The Morgan fingerprint density at radius 2 is 2.09 bits per heavy atom. The zero-order chi connectivity index (χ0) is 7.68. The van der Waals surface area contributed by atoms with Crippen molar-refractivity contribution in [2.24, 2.45) is 0 Å². The molecule has 0 heterocycles. The molecule has 0 aromatic rings. The fourth-order valence-electron chi connectivity index (χ4n) is 2.02. The first-order valence-electron chi connectivity index (χ1n) is 4.44. The highest BCUT2D eigenvalue weighted by Crippen LogP contribution is 2.35. The van der Waals surface area contributed by atoms with E-state index in [1.165, 1.54) is 37.7 Å². The van der Waals surface area contributed by atoms with Crippen LogP contribution in [0.4, 0.5) is 0 Å². The summed E-state index contributed by atoms with van der Waals surface area (Å²) in [4.78, 5) is 0. The second-order valence-electron chi connectivity index (χ2n) is 3.44. The summed E-state index contributed by atoms with van der Waals surface area (Å²) in [7, 11) is 0. The van der Waals surface area contributed by atoms with Gasteiger partial charge in [0.25, 0.3) is 0 Å². The second kappa shape index (κ2) is 2.69. The van der Waals surface area contributed by atoms with Crippen LogP contribution in [0.3, 0.4) is 0 Å². The molecule has 2 aliphatic rings. The molecule has 0 aliphatic heterocycles. The Morgan fingerprint density at radius 3 is 2.82 bits per heavy atom. The SMILES string of the molecule is C=CC1=CC2=C(CCCC2)C1. The maximum Gasteiger partial charge on any atom is -0.00614 e. The summed E-state index contributed by atoms with van der Waals surface area (Å²) < 4.78 is 0. The molecule has 58 valence electrons. The molecule has 0 aromatic carbocycles. The molecule has 0 spiro atoms. The third-order valence-corrected chi connectivity index (χ3v) is 2.67. The molecule has 0 fully saturated rings. The largest absolute Gasteiger partial charge is 0.0988 e. The molecule has 0 unspecified atom stereocenters. The van der Waals surface area contributed by atoms with Crippen LogP contribution in [-0.4, -0.2) is 0 Å². The normalized spacial score (nSPS) is 23.1. The van der Waals surface area contributed by atoms with E-state index in [0.29, 0.717) is 0 Å². The van der Waals surface area contributed by atoms with Gasteiger partial charge in [-0.25, -0.2) is 0 Å². The average molecular weight is 146 g/mol. The molecule has 11 heavy (non-hydrogen) atoms. The van der Waals surface area contributed by atoms with E-state index in [1.807, 2.05) is 6.08 Å². The molecule has 2 rings (SSSR count). The van der Waals surface area contributed by atoms with Gasteiger partial charge in [0.05, 0.1) is 0 Å². The quantitative estimate of drug-likeness (QED) is 0.532. The molecule has 0 N–H and O–H groups in total. The maximum atomic E-state index is 3.81. The van der Waals surface area contributed by atoms with Crippen LogP contribution < -0.4 is 0 Å². The summed E-state index contributed by atoms with van der Waals surface area (Å²) in [6.45, 7) is 3.81. The van der Waals surface area contributed by atoms with Crippen molar-refractivity contribution in [1.29, 1.82) is 0 Å². The summed E-state index contributed by atoms with van der Waals surface area (Å²) in [6, 6.07) is 0. The van der Waals surface area contributed by atoms with Crippen LogP contribution >= 0.6 is 0 Å². The number of rotatable bonds is 1.